The Kier molecular flexibility index (Phi) is 6.11. The minimum atomic E-state index is -0.509. The maximum absolute atomic E-state index is 12.6. The van der Waals surface area contributed by atoms with Crippen LogP contribution in [0, 0.1) is 13.8 Å². The van der Waals surface area contributed by atoms with Crippen LogP contribution in [-0.4, -0.2) is 18.3 Å². The number of amides is 1. The zero-order chi connectivity index (χ0) is 16.8. The van der Waals surface area contributed by atoms with E-state index in [2.05, 4.69) is 5.32 Å². The number of rotatable bonds is 6. The molecule has 0 spiro atoms. The molecule has 0 unspecified atom stereocenters. The Hall–Kier alpha value is -1.94. The van der Waals surface area contributed by atoms with Crippen molar-refractivity contribution in [2.24, 2.45) is 0 Å². The van der Waals surface area contributed by atoms with Crippen molar-refractivity contribution in [2.45, 2.75) is 38.2 Å². The Balaban J connectivity index is 2.14. The molecule has 2 rings (SSSR count). The van der Waals surface area contributed by atoms with E-state index in [0.717, 1.165) is 27.5 Å². The molecule has 1 N–H and O–H groups in total. The van der Waals surface area contributed by atoms with Crippen LogP contribution >= 0.6 is 11.8 Å². The fraction of sp³-hybridized carbons (Fsp3) is 0.316. The van der Waals surface area contributed by atoms with Gasteiger partial charge in [0, 0.05) is 4.90 Å². The van der Waals surface area contributed by atoms with Crippen molar-refractivity contribution in [3.8, 4) is 5.75 Å². The first-order chi connectivity index (χ1) is 11.1. The van der Waals surface area contributed by atoms with Crippen LogP contribution in [-0.2, 0) is 4.79 Å². The SMILES string of the molecule is CC[C@@H](Oc1cccc(C)c1C)C(=O)Nc1ccccc1SC. The molecule has 0 aliphatic rings. The lowest BCUT2D eigenvalue weighted by Crippen LogP contribution is -2.32. The number of hydrogen-bond donors (Lipinski definition) is 1. The number of thioether (sulfide) groups is 1. The molecule has 0 saturated heterocycles. The van der Waals surface area contributed by atoms with Gasteiger partial charge in [-0.3, -0.25) is 4.79 Å². The van der Waals surface area contributed by atoms with Crippen molar-refractivity contribution in [3.63, 3.8) is 0 Å². The number of carbonyl (C=O) groups excluding carboxylic acids is 1. The highest BCUT2D eigenvalue weighted by Gasteiger charge is 2.20. The number of benzene rings is 2. The standard InChI is InChI=1S/C19H23NO2S/c1-5-16(22-17-11-8-9-13(2)14(17)3)19(21)20-15-10-6-7-12-18(15)23-4/h6-12,16H,5H2,1-4H3,(H,20,21)/t16-/m1/s1. The second-order valence-electron chi connectivity index (χ2n) is 5.40. The van der Waals surface area contributed by atoms with Crippen LogP contribution in [0.3, 0.4) is 0 Å². The number of carbonyl (C=O) groups is 1. The largest absolute Gasteiger partial charge is 0.480 e. The van der Waals surface area contributed by atoms with Crippen LogP contribution in [0.1, 0.15) is 24.5 Å². The maximum atomic E-state index is 12.6. The first kappa shape index (κ1) is 17.4. The minimum Gasteiger partial charge on any atom is -0.480 e. The van der Waals surface area contributed by atoms with Crippen LogP contribution in [0.15, 0.2) is 47.4 Å². The first-order valence-corrected chi connectivity index (χ1v) is 8.96. The van der Waals surface area contributed by atoms with Gasteiger partial charge in [0.05, 0.1) is 5.69 Å². The summed E-state index contributed by atoms with van der Waals surface area (Å²) in [5, 5.41) is 2.98. The molecule has 1 atom stereocenters. The number of aryl methyl sites for hydroxylation is 1. The number of hydrogen-bond acceptors (Lipinski definition) is 3. The number of ether oxygens (including phenoxy) is 1. The van der Waals surface area contributed by atoms with Gasteiger partial charge in [-0.25, -0.2) is 0 Å². The van der Waals surface area contributed by atoms with E-state index in [1.54, 1.807) is 11.8 Å². The predicted molar refractivity (Wildman–Crippen MR) is 97.5 cm³/mol. The van der Waals surface area contributed by atoms with Gasteiger partial charge in [0.1, 0.15) is 5.75 Å². The average molecular weight is 329 g/mol. The summed E-state index contributed by atoms with van der Waals surface area (Å²) in [5.41, 5.74) is 3.06. The highest BCUT2D eigenvalue weighted by atomic mass is 32.2. The maximum Gasteiger partial charge on any atom is 0.265 e. The zero-order valence-electron chi connectivity index (χ0n) is 14.1. The van der Waals surface area contributed by atoms with Gasteiger partial charge in [0.25, 0.3) is 5.91 Å². The Morgan fingerprint density at radius 2 is 1.91 bits per heavy atom. The molecule has 122 valence electrons. The van der Waals surface area contributed by atoms with Crippen LogP contribution in [0.5, 0.6) is 5.75 Å². The molecule has 0 bridgehead atoms. The van der Waals surface area contributed by atoms with Gasteiger partial charge in [-0.15, -0.1) is 11.8 Å². The summed E-state index contributed by atoms with van der Waals surface area (Å²) in [7, 11) is 0. The smallest absolute Gasteiger partial charge is 0.265 e. The van der Waals surface area contributed by atoms with Gasteiger partial charge in [-0.1, -0.05) is 31.2 Å². The molecule has 1 amide bonds. The van der Waals surface area contributed by atoms with E-state index in [1.807, 2.05) is 69.5 Å². The minimum absolute atomic E-state index is 0.116. The highest BCUT2D eigenvalue weighted by Crippen LogP contribution is 2.26. The van der Waals surface area contributed by atoms with Gasteiger partial charge in [-0.2, -0.15) is 0 Å². The van der Waals surface area contributed by atoms with Crippen molar-refractivity contribution in [1.29, 1.82) is 0 Å². The van der Waals surface area contributed by atoms with Gasteiger partial charge < -0.3 is 10.1 Å². The Morgan fingerprint density at radius 3 is 2.61 bits per heavy atom. The topological polar surface area (TPSA) is 38.3 Å². The Bertz CT molecular complexity index is 685. The summed E-state index contributed by atoms with van der Waals surface area (Å²) >= 11 is 1.61. The van der Waals surface area contributed by atoms with Crippen molar-refractivity contribution in [1.82, 2.24) is 0 Å². The Morgan fingerprint density at radius 1 is 1.17 bits per heavy atom. The lowest BCUT2D eigenvalue weighted by atomic mass is 10.1. The molecule has 3 nitrogen and oxygen atoms in total. The van der Waals surface area contributed by atoms with E-state index in [0.29, 0.717) is 6.42 Å². The molecule has 2 aromatic carbocycles. The summed E-state index contributed by atoms with van der Waals surface area (Å²) in [6.07, 6.45) is 2.10. The molecule has 0 aromatic heterocycles. The molecular weight excluding hydrogens is 306 g/mol. The summed E-state index contributed by atoms with van der Waals surface area (Å²) in [4.78, 5) is 13.6. The first-order valence-electron chi connectivity index (χ1n) is 7.73. The van der Waals surface area contributed by atoms with Crippen molar-refractivity contribution < 1.29 is 9.53 Å². The van der Waals surface area contributed by atoms with Crippen LogP contribution in [0.25, 0.3) is 0 Å². The number of anilines is 1. The monoisotopic (exact) mass is 329 g/mol. The molecule has 23 heavy (non-hydrogen) atoms. The average Bonchev–Trinajstić information content (AvgIpc) is 2.56. The van der Waals surface area contributed by atoms with Gasteiger partial charge in [-0.05, 0) is 55.9 Å². The molecule has 0 heterocycles. The fourth-order valence-electron chi connectivity index (χ4n) is 2.29. The predicted octanol–water partition coefficient (Wildman–Crippen LogP) is 4.82. The quantitative estimate of drug-likeness (QED) is 0.772. The van der Waals surface area contributed by atoms with Crippen molar-refractivity contribution in [2.75, 3.05) is 11.6 Å². The van der Waals surface area contributed by atoms with Crippen LogP contribution < -0.4 is 10.1 Å². The van der Waals surface area contributed by atoms with E-state index in [-0.39, 0.29) is 5.91 Å². The molecule has 2 aromatic rings. The lowest BCUT2D eigenvalue weighted by Gasteiger charge is -2.20. The van der Waals surface area contributed by atoms with Crippen molar-refractivity contribution >= 4 is 23.4 Å². The van der Waals surface area contributed by atoms with Crippen molar-refractivity contribution in [3.05, 3.63) is 53.6 Å². The third-order valence-electron chi connectivity index (χ3n) is 3.85. The summed E-state index contributed by atoms with van der Waals surface area (Å²) in [5.74, 6) is 0.653. The zero-order valence-corrected chi connectivity index (χ0v) is 14.9. The molecule has 0 saturated carbocycles. The van der Waals surface area contributed by atoms with Gasteiger partial charge in [0.15, 0.2) is 6.10 Å². The normalized spacial score (nSPS) is 11.8. The number of para-hydroxylation sites is 1. The van der Waals surface area contributed by atoms with E-state index in [4.69, 9.17) is 4.74 Å². The molecule has 0 aliphatic carbocycles. The molecule has 0 aliphatic heterocycles. The molecule has 0 radical (unpaired) electrons. The van der Waals surface area contributed by atoms with E-state index in [1.165, 1.54) is 0 Å². The number of nitrogens with one attached hydrogen (secondary N) is 1. The third-order valence-corrected chi connectivity index (χ3v) is 4.65. The second-order valence-corrected chi connectivity index (χ2v) is 6.25. The summed E-state index contributed by atoms with van der Waals surface area (Å²) in [6, 6.07) is 13.7. The lowest BCUT2D eigenvalue weighted by molar-refractivity contribution is -0.122. The Labute approximate surface area is 142 Å². The molecule has 0 fully saturated rings. The summed E-state index contributed by atoms with van der Waals surface area (Å²) < 4.78 is 5.96. The van der Waals surface area contributed by atoms with Gasteiger partial charge in [0.2, 0.25) is 0 Å². The molecule has 4 heteroatoms. The van der Waals surface area contributed by atoms with E-state index >= 15 is 0 Å². The third kappa shape index (κ3) is 4.29. The summed E-state index contributed by atoms with van der Waals surface area (Å²) in [6.45, 7) is 6.01. The fourth-order valence-corrected chi connectivity index (χ4v) is 2.84. The van der Waals surface area contributed by atoms with E-state index in [9.17, 15) is 4.79 Å². The molecular formula is C19H23NO2S. The van der Waals surface area contributed by atoms with Gasteiger partial charge >= 0.3 is 0 Å². The highest BCUT2D eigenvalue weighted by molar-refractivity contribution is 7.98. The van der Waals surface area contributed by atoms with Crippen LogP contribution in [0.2, 0.25) is 0 Å². The van der Waals surface area contributed by atoms with E-state index < -0.39 is 6.10 Å². The van der Waals surface area contributed by atoms with Crippen LogP contribution in [0.4, 0.5) is 5.69 Å². The second kappa shape index (κ2) is 8.06.